The Hall–Kier alpha value is -2.57. The van der Waals surface area contributed by atoms with Gasteiger partial charge in [0.15, 0.2) is 0 Å². The fourth-order valence-electron chi connectivity index (χ4n) is 1.69. The number of aromatic nitrogens is 1. The Bertz CT molecular complexity index is 603. The zero-order valence-electron chi connectivity index (χ0n) is 10.2. The number of para-hydroxylation sites is 1. The Labute approximate surface area is 113 Å². The second-order valence-electron chi connectivity index (χ2n) is 3.93. The maximum absolute atomic E-state index is 12.3. The molecule has 104 valence electrons. The molecule has 1 aromatic heterocycles. The SMILES string of the molecule is O=[N+]([O-])c1ccc(Cc2ccccc2OC(F)F)nc1. The molecule has 7 heteroatoms. The number of halogens is 2. The Morgan fingerprint density at radius 3 is 2.60 bits per heavy atom. The van der Waals surface area contributed by atoms with E-state index in [1.54, 1.807) is 18.2 Å². The molecule has 2 rings (SSSR count). The van der Waals surface area contributed by atoms with Gasteiger partial charge in [-0.25, -0.2) is 0 Å². The summed E-state index contributed by atoms with van der Waals surface area (Å²) in [6, 6.07) is 9.16. The predicted molar refractivity (Wildman–Crippen MR) is 66.8 cm³/mol. The zero-order chi connectivity index (χ0) is 14.5. The van der Waals surface area contributed by atoms with E-state index in [0.29, 0.717) is 11.3 Å². The number of nitrogens with zero attached hydrogens (tertiary/aromatic N) is 2. The molecule has 0 atom stereocenters. The summed E-state index contributed by atoms with van der Waals surface area (Å²) in [6.07, 6.45) is 1.38. The number of alkyl halides is 2. The van der Waals surface area contributed by atoms with Crippen LogP contribution in [-0.2, 0) is 6.42 Å². The molecule has 0 aliphatic heterocycles. The molecule has 0 fully saturated rings. The van der Waals surface area contributed by atoms with E-state index in [1.807, 2.05) is 0 Å². The van der Waals surface area contributed by atoms with Crippen molar-refractivity contribution in [2.75, 3.05) is 0 Å². The van der Waals surface area contributed by atoms with Gasteiger partial charge < -0.3 is 4.74 Å². The summed E-state index contributed by atoms with van der Waals surface area (Å²) in [6.45, 7) is -2.90. The molecular formula is C13H10F2N2O3. The van der Waals surface area contributed by atoms with Crippen molar-refractivity contribution < 1.29 is 18.4 Å². The standard InChI is InChI=1S/C13H10F2N2O3/c14-13(15)20-12-4-2-1-3-9(12)7-10-5-6-11(8-16-10)17(18)19/h1-6,8,13H,7H2. The van der Waals surface area contributed by atoms with E-state index in [2.05, 4.69) is 9.72 Å². The number of rotatable bonds is 5. The van der Waals surface area contributed by atoms with Gasteiger partial charge >= 0.3 is 6.61 Å². The van der Waals surface area contributed by atoms with Crippen LogP contribution in [-0.4, -0.2) is 16.5 Å². The first-order valence-corrected chi connectivity index (χ1v) is 5.68. The van der Waals surface area contributed by atoms with Gasteiger partial charge in [0, 0.05) is 23.7 Å². The van der Waals surface area contributed by atoms with E-state index in [1.165, 1.54) is 18.2 Å². The lowest BCUT2D eigenvalue weighted by atomic mass is 10.1. The molecule has 0 radical (unpaired) electrons. The summed E-state index contributed by atoms with van der Waals surface area (Å²) >= 11 is 0. The lowest BCUT2D eigenvalue weighted by molar-refractivity contribution is -0.385. The van der Waals surface area contributed by atoms with Crippen molar-refractivity contribution in [2.45, 2.75) is 13.0 Å². The monoisotopic (exact) mass is 280 g/mol. The number of nitro groups is 1. The van der Waals surface area contributed by atoms with E-state index >= 15 is 0 Å². The summed E-state index contributed by atoms with van der Waals surface area (Å²) in [5, 5.41) is 10.5. The topological polar surface area (TPSA) is 65.3 Å². The molecule has 20 heavy (non-hydrogen) atoms. The highest BCUT2D eigenvalue weighted by Crippen LogP contribution is 2.23. The fourth-order valence-corrected chi connectivity index (χ4v) is 1.69. The first-order chi connectivity index (χ1) is 9.56. The van der Waals surface area contributed by atoms with Crippen LogP contribution in [0.15, 0.2) is 42.6 Å². The van der Waals surface area contributed by atoms with E-state index in [9.17, 15) is 18.9 Å². The lowest BCUT2D eigenvalue weighted by Crippen LogP contribution is -2.05. The number of hydrogen-bond donors (Lipinski definition) is 0. The quantitative estimate of drug-likeness (QED) is 0.623. The van der Waals surface area contributed by atoms with E-state index < -0.39 is 11.5 Å². The van der Waals surface area contributed by atoms with E-state index in [4.69, 9.17) is 0 Å². The van der Waals surface area contributed by atoms with Crippen LogP contribution < -0.4 is 4.74 Å². The Kier molecular flexibility index (Phi) is 4.19. The van der Waals surface area contributed by atoms with Gasteiger partial charge in [-0.2, -0.15) is 8.78 Å². The molecule has 1 heterocycles. The number of ether oxygens (including phenoxy) is 1. The summed E-state index contributed by atoms with van der Waals surface area (Å²) < 4.78 is 28.9. The van der Waals surface area contributed by atoms with Gasteiger partial charge in [-0.3, -0.25) is 15.1 Å². The Morgan fingerprint density at radius 1 is 1.25 bits per heavy atom. The molecule has 1 aromatic carbocycles. The number of hydrogen-bond acceptors (Lipinski definition) is 4. The normalized spacial score (nSPS) is 10.6. The molecule has 0 aliphatic carbocycles. The van der Waals surface area contributed by atoms with Crippen LogP contribution in [0.2, 0.25) is 0 Å². The van der Waals surface area contributed by atoms with Crippen LogP contribution in [0.5, 0.6) is 5.75 Å². The molecule has 5 nitrogen and oxygen atoms in total. The average Bonchev–Trinajstić information content (AvgIpc) is 2.41. The average molecular weight is 280 g/mol. The van der Waals surface area contributed by atoms with Gasteiger partial charge in [0.2, 0.25) is 0 Å². The molecule has 0 bridgehead atoms. The van der Waals surface area contributed by atoms with Crippen LogP contribution in [0, 0.1) is 10.1 Å². The minimum Gasteiger partial charge on any atom is -0.435 e. The van der Waals surface area contributed by atoms with Crippen molar-refractivity contribution in [1.82, 2.24) is 4.98 Å². The molecule has 0 spiro atoms. The van der Waals surface area contributed by atoms with Crippen molar-refractivity contribution >= 4 is 5.69 Å². The van der Waals surface area contributed by atoms with Gasteiger partial charge in [-0.05, 0) is 12.1 Å². The van der Waals surface area contributed by atoms with Crippen LogP contribution in [0.25, 0.3) is 0 Å². The first kappa shape index (κ1) is 13.9. The van der Waals surface area contributed by atoms with Crippen LogP contribution in [0.1, 0.15) is 11.3 Å². The highest BCUT2D eigenvalue weighted by molar-refractivity contribution is 5.37. The van der Waals surface area contributed by atoms with Gasteiger partial charge in [0.05, 0.1) is 4.92 Å². The summed E-state index contributed by atoms with van der Waals surface area (Å²) in [4.78, 5) is 13.9. The molecule has 2 aromatic rings. The minimum absolute atomic E-state index is 0.0719. The van der Waals surface area contributed by atoms with Crippen LogP contribution in [0.3, 0.4) is 0 Å². The molecule has 0 amide bonds. The number of benzene rings is 1. The highest BCUT2D eigenvalue weighted by Gasteiger charge is 2.11. The van der Waals surface area contributed by atoms with Gasteiger partial charge in [-0.1, -0.05) is 18.2 Å². The third-order valence-electron chi connectivity index (χ3n) is 2.58. The highest BCUT2D eigenvalue weighted by atomic mass is 19.3. The predicted octanol–water partition coefficient (Wildman–Crippen LogP) is 3.18. The lowest BCUT2D eigenvalue weighted by Gasteiger charge is -2.09. The zero-order valence-corrected chi connectivity index (χ0v) is 10.2. The maximum atomic E-state index is 12.3. The summed E-state index contributed by atoms with van der Waals surface area (Å²) in [7, 11) is 0. The Balaban J connectivity index is 2.19. The van der Waals surface area contributed by atoms with Crippen molar-refractivity contribution in [1.29, 1.82) is 0 Å². The molecule has 0 N–H and O–H groups in total. The van der Waals surface area contributed by atoms with Crippen molar-refractivity contribution in [3.63, 3.8) is 0 Å². The molecule has 0 saturated carbocycles. The van der Waals surface area contributed by atoms with Crippen molar-refractivity contribution in [2.24, 2.45) is 0 Å². The smallest absolute Gasteiger partial charge is 0.387 e. The first-order valence-electron chi connectivity index (χ1n) is 5.68. The van der Waals surface area contributed by atoms with Crippen molar-refractivity contribution in [3.8, 4) is 5.75 Å². The fraction of sp³-hybridized carbons (Fsp3) is 0.154. The van der Waals surface area contributed by atoms with Crippen LogP contribution in [0.4, 0.5) is 14.5 Å². The summed E-state index contributed by atoms with van der Waals surface area (Å²) in [5.74, 6) is 0.0719. The largest absolute Gasteiger partial charge is 0.435 e. The Morgan fingerprint density at radius 2 is 2.00 bits per heavy atom. The molecule has 0 unspecified atom stereocenters. The molecule has 0 saturated heterocycles. The van der Waals surface area contributed by atoms with Gasteiger partial charge in [0.25, 0.3) is 5.69 Å². The van der Waals surface area contributed by atoms with Crippen LogP contribution >= 0.6 is 0 Å². The second-order valence-corrected chi connectivity index (χ2v) is 3.93. The molecule has 0 aliphatic rings. The minimum atomic E-state index is -2.90. The van der Waals surface area contributed by atoms with E-state index in [0.717, 1.165) is 6.20 Å². The van der Waals surface area contributed by atoms with Crippen molar-refractivity contribution in [3.05, 3.63) is 64.0 Å². The maximum Gasteiger partial charge on any atom is 0.387 e. The van der Waals surface area contributed by atoms with Gasteiger partial charge in [-0.15, -0.1) is 0 Å². The third-order valence-corrected chi connectivity index (χ3v) is 2.58. The number of pyridine rings is 1. The third kappa shape index (κ3) is 3.47. The van der Waals surface area contributed by atoms with Gasteiger partial charge in [0.1, 0.15) is 11.9 Å². The molecular weight excluding hydrogens is 270 g/mol. The summed E-state index contributed by atoms with van der Waals surface area (Å²) in [5.41, 5.74) is 0.945. The second kappa shape index (κ2) is 6.05. The van der Waals surface area contributed by atoms with E-state index in [-0.39, 0.29) is 17.9 Å².